The minimum Gasteiger partial charge on any atom is -0.322 e. The summed E-state index contributed by atoms with van der Waals surface area (Å²) in [5, 5.41) is 3.12. The number of carbonyl (C=O) groups excluding carboxylic acids is 1. The summed E-state index contributed by atoms with van der Waals surface area (Å²) in [5.74, 6) is -0.0565. The van der Waals surface area contributed by atoms with Crippen molar-refractivity contribution in [3.8, 4) is 0 Å². The molecule has 0 saturated carbocycles. The molecule has 0 saturated heterocycles. The zero-order valence-electron chi connectivity index (χ0n) is 15.1. The Hall–Kier alpha value is -1.36. The standard InChI is InChI=1S/C21H26INO/c1-20(2,3)14-21(4,5)16-11-7-9-13-18(16)23-19(24)15-10-6-8-12-17(15)22/h6-13H,14H2,1-5H3,(H,23,24). The van der Waals surface area contributed by atoms with Crippen LogP contribution in [-0.4, -0.2) is 5.91 Å². The van der Waals surface area contributed by atoms with Crippen molar-refractivity contribution in [2.45, 2.75) is 46.5 Å². The summed E-state index contributed by atoms with van der Waals surface area (Å²) in [6.45, 7) is 11.2. The first-order valence-electron chi connectivity index (χ1n) is 8.25. The SMILES string of the molecule is CC(C)(C)CC(C)(C)c1ccccc1NC(=O)c1ccccc1I. The minimum absolute atomic E-state index is 0.0219. The molecule has 0 aliphatic rings. The Labute approximate surface area is 159 Å². The average Bonchev–Trinajstić information content (AvgIpc) is 2.45. The molecular formula is C21H26INO. The predicted molar refractivity (Wildman–Crippen MR) is 111 cm³/mol. The van der Waals surface area contributed by atoms with Crippen LogP contribution in [0.1, 0.15) is 57.0 Å². The van der Waals surface area contributed by atoms with Gasteiger partial charge in [0.15, 0.2) is 0 Å². The summed E-state index contributed by atoms with van der Waals surface area (Å²) in [6, 6.07) is 15.8. The van der Waals surface area contributed by atoms with Crippen LogP contribution in [0.25, 0.3) is 0 Å². The van der Waals surface area contributed by atoms with E-state index in [1.165, 1.54) is 5.56 Å². The molecule has 2 aromatic rings. The van der Waals surface area contributed by atoms with Gasteiger partial charge in [0.2, 0.25) is 0 Å². The molecule has 0 bridgehead atoms. The third-order valence-electron chi connectivity index (χ3n) is 4.00. The second-order valence-electron chi connectivity index (χ2n) is 8.10. The van der Waals surface area contributed by atoms with Gasteiger partial charge in [-0.25, -0.2) is 0 Å². The third-order valence-corrected chi connectivity index (χ3v) is 4.94. The number of amides is 1. The predicted octanol–water partition coefficient (Wildman–Crippen LogP) is 6.26. The van der Waals surface area contributed by atoms with E-state index in [9.17, 15) is 4.79 Å². The van der Waals surface area contributed by atoms with E-state index >= 15 is 0 Å². The fourth-order valence-corrected chi connectivity index (χ4v) is 4.07. The highest BCUT2D eigenvalue weighted by Gasteiger charge is 2.29. The Morgan fingerprint density at radius 2 is 1.54 bits per heavy atom. The summed E-state index contributed by atoms with van der Waals surface area (Å²) in [4.78, 5) is 12.7. The van der Waals surface area contributed by atoms with Crippen molar-refractivity contribution in [2.75, 3.05) is 5.32 Å². The molecule has 24 heavy (non-hydrogen) atoms. The summed E-state index contributed by atoms with van der Waals surface area (Å²) < 4.78 is 0.957. The first-order valence-corrected chi connectivity index (χ1v) is 9.33. The van der Waals surface area contributed by atoms with Crippen LogP contribution >= 0.6 is 22.6 Å². The topological polar surface area (TPSA) is 29.1 Å². The van der Waals surface area contributed by atoms with Crippen molar-refractivity contribution in [3.05, 3.63) is 63.2 Å². The first kappa shape index (κ1) is 19.0. The van der Waals surface area contributed by atoms with Gasteiger partial charge in [-0.15, -0.1) is 0 Å². The van der Waals surface area contributed by atoms with Crippen molar-refractivity contribution in [2.24, 2.45) is 5.41 Å². The number of hydrogen-bond acceptors (Lipinski definition) is 1. The zero-order valence-corrected chi connectivity index (χ0v) is 17.3. The van der Waals surface area contributed by atoms with Crippen LogP contribution < -0.4 is 5.32 Å². The van der Waals surface area contributed by atoms with E-state index in [1.54, 1.807) is 0 Å². The Morgan fingerprint density at radius 3 is 2.17 bits per heavy atom. The molecule has 0 aliphatic carbocycles. The van der Waals surface area contributed by atoms with Crippen LogP contribution in [0.4, 0.5) is 5.69 Å². The Balaban J connectivity index is 2.33. The van der Waals surface area contributed by atoms with Crippen LogP contribution in [0.5, 0.6) is 0 Å². The normalized spacial score (nSPS) is 12.1. The molecule has 3 heteroatoms. The van der Waals surface area contributed by atoms with Gasteiger partial charge < -0.3 is 5.32 Å². The summed E-state index contributed by atoms with van der Waals surface area (Å²) in [7, 11) is 0. The molecule has 0 fully saturated rings. The van der Waals surface area contributed by atoms with Gasteiger partial charge in [0, 0.05) is 9.26 Å². The summed E-state index contributed by atoms with van der Waals surface area (Å²) in [5.41, 5.74) is 2.98. The first-order chi connectivity index (χ1) is 11.1. The Morgan fingerprint density at radius 1 is 0.958 bits per heavy atom. The van der Waals surface area contributed by atoms with E-state index in [4.69, 9.17) is 0 Å². The summed E-state index contributed by atoms with van der Waals surface area (Å²) in [6.07, 6.45) is 1.04. The van der Waals surface area contributed by atoms with Crippen LogP contribution in [0, 0.1) is 8.99 Å². The largest absolute Gasteiger partial charge is 0.322 e. The van der Waals surface area contributed by atoms with Gasteiger partial charge in [0.25, 0.3) is 5.91 Å². The molecule has 0 aliphatic heterocycles. The lowest BCUT2D eigenvalue weighted by molar-refractivity contribution is 0.102. The maximum absolute atomic E-state index is 12.7. The number of nitrogens with one attached hydrogen (secondary N) is 1. The van der Waals surface area contributed by atoms with E-state index in [0.717, 1.165) is 15.7 Å². The number of hydrogen-bond donors (Lipinski definition) is 1. The zero-order chi connectivity index (χ0) is 18.0. The van der Waals surface area contributed by atoms with Crippen LogP contribution in [0.3, 0.4) is 0 Å². The molecule has 0 aromatic heterocycles. The van der Waals surface area contributed by atoms with E-state index in [1.807, 2.05) is 42.5 Å². The Bertz CT molecular complexity index is 729. The monoisotopic (exact) mass is 435 g/mol. The minimum atomic E-state index is -0.0565. The number of rotatable bonds is 4. The molecule has 2 rings (SSSR count). The smallest absolute Gasteiger partial charge is 0.256 e. The summed E-state index contributed by atoms with van der Waals surface area (Å²) >= 11 is 2.20. The van der Waals surface area contributed by atoms with Gasteiger partial charge in [0.05, 0.1) is 5.56 Å². The number of halogens is 1. The maximum atomic E-state index is 12.7. The molecule has 0 atom stereocenters. The fourth-order valence-electron chi connectivity index (χ4n) is 3.44. The van der Waals surface area contributed by atoms with Crippen LogP contribution in [-0.2, 0) is 5.41 Å². The van der Waals surface area contributed by atoms with Crippen molar-refractivity contribution in [3.63, 3.8) is 0 Å². The van der Waals surface area contributed by atoms with Crippen LogP contribution in [0.15, 0.2) is 48.5 Å². The van der Waals surface area contributed by atoms with E-state index in [0.29, 0.717) is 5.56 Å². The van der Waals surface area contributed by atoms with E-state index in [2.05, 4.69) is 68.6 Å². The fraction of sp³-hybridized carbons (Fsp3) is 0.381. The third kappa shape index (κ3) is 4.82. The van der Waals surface area contributed by atoms with Crippen molar-refractivity contribution < 1.29 is 4.79 Å². The number of benzene rings is 2. The van der Waals surface area contributed by atoms with Gasteiger partial charge in [-0.3, -0.25) is 4.79 Å². The van der Waals surface area contributed by atoms with E-state index < -0.39 is 0 Å². The van der Waals surface area contributed by atoms with Crippen molar-refractivity contribution in [1.29, 1.82) is 0 Å². The number of carbonyl (C=O) groups is 1. The van der Waals surface area contributed by atoms with Crippen molar-refractivity contribution in [1.82, 2.24) is 0 Å². The van der Waals surface area contributed by atoms with Crippen molar-refractivity contribution >= 4 is 34.2 Å². The van der Waals surface area contributed by atoms with Gasteiger partial charge in [-0.1, -0.05) is 65.0 Å². The molecule has 0 radical (unpaired) electrons. The molecule has 0 unspecified atom stereocenters. The molecule has 1 amide bonds. The maximum Gasteiger partial charge on any atom is 0.256 e. The molecule has 1 N–H and O–H groups in total. The van der Waals surface area contributed by atoms with Gasteiger partial charge >= 0.3 is 0 Å². The lowest BCUT2D eigenvalue weighted by Crippen LogP contribution is -2.27. The molecule has 2 nitrogen and oxygen atoms in total. The lowest BCUT2D eigenvalue weighted by Gasteiger charge is -2.34. The highest BCUT2D eigenvalue weighted by atomic mass is 127. The quantitative estimate of drug-likeness (QED) is 0.565. The van der Waals surface area contributed by atoms with Crippen LogP contribution in [0.2, 0.25) is 0 Å². The highest BCUT2D eigenvalue weighted by Crippen LogP contribution is 2.39. The molecule has 0 spiro atoms. The lowest BCUT2D eigenvalue weighted by atomic mass is 9.72. The number of para-hydroxylation sites is 1. The van der Waals surface area contributed by atoms with Gasteiger partial charge in [0.1, 0.15) is 0 Å². The van der Waals surface area contributed by atoms with E-state index in [-0.39, 0.29) is 16.7 Å². The Kier molecular flexibility index (Phi) is 5.74. The molecular weight excluding hydrogens is 409 g/mol. The molecule has 0 heterocycles. The van der Waals surface area contributed by atoms with Gasteiger partial charge in [-0.05, 0) is 63.6 Å². The number of anilines is 1. The second-order valence-corrected chi connectivity index (χ2v) is 9.26. The highest BCUT2D eigenvalue weighted by molar-refractivity contribution is 14.1. The molecule has 2 aromatic carbocycles. The second kappa shape index (κ2) is 7.26. The van der Waals surface area contributed by atoms with Gasteiger partial charge in [-0.2, -0.15) is 0 Å². The average molecular weight is 435 g/mol. The molecule has 128 valence electrons.